The van der Waals surface area contributed by atoms with Crippen LogP contribution in [0.25, 0.3) is 0 Å². The number of Topliss-reactive ketones (excluding diaryl/α,β-unsaturated/α-hetero) is 1. The minimum absolute atomic E-state index is 0.0329. The number of ketones is 1. The third-order valence-corrected chi connectivity index (χ3v) is 3.35. The van der Waals surface area contributed by atoms with Gasteiger partial charge in [0.25, 0.3) is 0 Å². The van der Waals surface area contributed by atoms with E-state index in [4.69, 9.17) is 0 Å². The first-order valence-corrected chi connectivity index (χ1v) is 6.92. The zero-order valence-corrected chi connectivity index (χ0v) is 11.9. The molecule has 1 amide bonds. The highest BCUT2D eigenvalue weighted by atomic mass is 16.2. The number of amides is 1. The van der Waals surface area contributed by atoms with E-state index in [1.807, 2.05) is 20.8 Å². The Kier molecular flexibility index (Phi) is 5.79. The molecule has 18 heavy (non-hydrogen) atoms. The second-order valence-corrected chi connectivity index (χ2v) is 6.14. The maximum atomic E-state index is 11.7. The van der Waals surface area contributed by atoms with Crippen molar-refractivity contribution in [1.29, 1.82) is 0 Å². The van der Waals surface area contributed by atoms with Gasteiger partial charge in [-0.2, -0.15) is 0 Å². The lowest BCUT2D eigenvalue weighted by Gasteiger charge is -2.20. The number of carbonyl (C=O) groups is 2. The molecule has 0 saturated carbocycles. The van der Waals surface area contributed by atoms with Gasteiger partial charge in [-0.25, -0.2) is 0 Å². The predicted molar refractivity (Wildman–Crippen MR) is 72.4 cm³/mol. The van der Waals surface area contributed by atoms with E-state index in [0.29, 0.717) is 6.54 Å². The summed E-state index contributed by atoms with van der Waals surface area (Å²) in [7, 11) is 0. The Hall–Kier alpha value is -0.900. The largest absolute Gasteiger partial charge is 0.348 e. The van der Waals surface area contributed by atoms with Crippen LogP contribution >= 0.6 is 0 Å². The normalized spacial score (nSPS) is 18.2. The third kappa shape index (κ3) is 5.63. The van der Waals surface area contributed by atoms with Crippen LogP contribution in [0.4, 0.5) is 0 Å². The van der Waals surface area contributed by atoms with Crippen molar-refractivity contribution >= 4 is 11.7 Å². The lowest BCUT2D eigenvalue weighted by atomic mass is 9.91. The summed E-state index contributed by atoms with van der Waals surface area (Å²) in [5.74, 6) is 0.0428. The van der Waals surface area contributed by atoms with Gasteiger partial charge in [0.05, 0.1) is 13.1 Å². The van der Waals surface area contributed by atoms with Crippen LogP contribution in [-0.2, 0) is 9.59 Å². The summed E-state index contributed by atoms with van der Waals surface area (Å²) in [5.41, 5.74) is -0.379. The molecule has 0 aromatic rings. The van der Waals surface area contributed by atoms with Gasteiger partial charge in [0.15, 0.2) is 5.78 Å². The first-order chi connectivity index (χ1) is 8.39. The van der Waals surface area contributed by atoms with E-state index >= 15 is 0 Å². The van der Waals surface area contributed by atoms with E-state index in [1.165, 1.54) is 25.7 Å². The molecule has 0 atom stereocenters. The highest BCUT2D eigenvalue weighted by Crippen LogP contribution is 2.13. The topological polar surface area (TPSA) is 49.4 Å². The van der Waals surface area contributed by atoms with E-state index in [2.05, 4.69) is 10.2 Å². The second-order valence-electron chi connectivity index (χ2n) is 6.14. The van der Waals surface area contributed by atoms with Gasteiger partial charge in [-0.1, -0.05) is 33.6 Å². The highest BCUT2D eigenvalue weighted by Gasteiger charge is 2.21. The van der Waals surface area contributed by atoms with Crippen molar-refractivity contribution in [2.24, 2.45) is 5.41 Å². The fourth-order valence-electron chi connectivity index (χ4n) is 2.00. The van der Waals surface area contributed by atoms with Gasteiger partial charge < -0.3 is 5.32 Å². The van der Waals surface area contributed by atoms with Crippen molar-refractivity contribution in [3.8, 4) is 0 Å². The molecule has 0 aliphatic carbocycles. The first-order valence-electron chi connectivity index (χ1n) is 6.92. The van der Waals surface area contributed by atoms with Crippen molar-refractivity contribution in [2.75, 3.05) is 26.2 Å². The van der Waals surface area contributed by atoms with E-state index in [9.17, 15) is 9.59 Å². The molecule has 0 bridgehead atoms. The first kappa shape index (κ1) is 15.2. The molecule has 1 heterocycles. The summed E-state index contributed by atoms with van der Waals surface area (Å²) in [6, 6.07) is 0. The van der Waals surface area contributed by atoms with Crippen molar-refractivity contribution < 1.29 is 9.59 Å². The van der Waals surface area contributed by atoms with Crippen molar-refractivity contribution in [3.63, 3.8) is 0 Å². The van der Waals surface area contributed by atoms with Crippen LogP contribution in [0.2, 0.25) is 0 Å². The minimum atomic E-state index is -0.379. The molecule has 4 heteroatoms. The fraction of sp³-hybridized carbons (Fsp3) is 0.857. The second kappa shape index (κ2) is 6.88. The Labute approximate surface area is 110 Å². The van der Waals surface area contributed by atoms with Gasteiger partial charge in [0, 0.05) is 5.41 Å². The Morgan fingerprint density at radius 2 is 1.61 bits per heavy atom. The standard InChI is InChI=1S/C14H26N2O2/c1-14(2,3)12(17)10-15-13(18)11-16-8-6-4-5-7-9-16/h4-11H2,1-3H3,(H,15,18). The molecule has 0 unspecified atom stereocenters. The summed E-state index contributed by atoms with van der Waals surface area (Å²) >= 11 is 0. The summed E-state index contributed by atoms with van der Waals surface area (Å²) in [6.45, 7) is 8.19. The predicted octanol–water partition coefficient (Wildman–Crippen LogP) is 1.59. The van der Waals surface area contributed by atoms with Gasteiger partial charge in [0.2, 0.25) is 5.91 Å². The quantitative estimate of drug-likeness (QED) is 0.829. The van der Waals surface area contributed by atoms with Gasteiger partial charge in [0.1, 0.15) is 0 Å². The molecule has 0 spiro atoms. The number of hydrogen-bond acceptors (Lipinski definition) is 3. The van der Waals surface area contributed by atoms with Gasteiger partial charge in [-0.15, -0.1) is 0 Å². The van der Waals surface area contributed by atoms with Crippen LogP contribution < -0.4 is 5.32 Å². The average molecular weight is 254 g/mol. The van der Waals surface area contributed by atoms with Crippen LogP contribution in [0.1, 0.15) is 46.5 Å². The van der Waals surface area contributed by atoms with Gasteiger partial charge in [-0.05, 0) is 25.9 Å². The number of rotatable bonds is 4. The summed E-state index contributed by atoms with van der Waals surface area (Å²) < 4.78 is 0. The Morgan fingerprint density at radius 3 is 2.11 bits per heavy atom. The monoisotopic (exact) mass is 254 g/mol. The maximum Gasteiger partial charge on any atom is 0.234 e. The molecule has 0 aromatic heterocycles. The van der Waals surface area contributed by atoms with E-state index in [1.54, 1.807) is 0 Å². The lowest BCUT2D eigenvalue weighted by molar-refractivity contribution is -0.129. The van der Waals surface area contributed by atoms with E-state index < -0.39 is 0 Å². The zero-order chi connectivity index (χ0) is 13.6. The molecule has 1 N–H and O–H groups in total. The average Bonchev–Trinajstić information content (AvgIpc) is 2.53. The number of likely N-dealkylation sites (tertiary alicyclic amines) is 1. The number of nitrogens with zero attached hydrogens (tertiary/aromatic N) is 1. The van der Waals surface area contributed by atoms with Crippen LogP contribution in [0.5, 0.6) is 0 Å². The van der Waals surface area contributed by atoms with Gasteiger partial charge in [-0.3, -0.25) is 14.5 Å². The van der Waals surface area contributed by atoms with E-state index in [0.717, 1.165) is 13.1 Å². The molecule has 104 valence electrons. The van der Waals surface area contributed by atoms with Crippen molar-refractivity contribution in [3.05, 3.63) is 0 Å². The number of nitrogens with one attached hydrogen (secondary N) is 1. The van der Waals surface area contributed by atoms with E-state index in [-0.39, 0.29) is 23.7 Å². The Morgan fingerprint density at radius 1 is 1.06 bits per heavy atom. The summed E-state index contributed by atoms with van der Waals surface area (Å²) in [6.07, 6.45) is 4.88. The Balaban J connectivity index is 2.26. The maximum absolute atomic E-state index is 11.7. The lowest BCUT2D eigenvalue weighted by Crippen LogP contribution is -2.41. The van der Waals surface area contributed by atoms with Crippen LogP contribution in [0.15, 0.2) is 0 Å². The molecule has 0 aromatic carbocycles. The fourth-order valence-corrected chi connectivity index (χ4v) is 2.00. The molecule has 1 rings (SSSR count). The smallest absolute Gasteiger partial charge is 0.234 e. The highest BCUT2D eigenvalue weighted by molar-refractivity contribution is 5.89. The number of hydrogen-bond donors (Lipinski definition) is 1. The summed E-state index contributed by atoms with van der Waals surface area (Å²) in [4.78, 5) is 25.6. The zero-order valence-electron chi connectivity index (χ0n) is 11.9. The molecule has 1 aliphatic heterocycles. The SMILES string of the molecule is CC(C)(C)C(=O)CNC(=O)CN1CCCCCC1. The van der Waals surface area contributed by atoms with Gasteiger partial charge >= 0.3 is 0 Å². The summed E-state index contributed by atoms with van der Waals surface area (Å²) in [5, 5.41) is 2.73. The molecule has 0 radical (unpaired) electrons. The van der Waals surface area contributed by atoms with Crippen LogP contribution in [0, 0.1) is 5.41 Å². The molecule has 1 fully saturated rings. The molecule has 4 nitrogen and oxygen atoms in total. The molecule has 1 aliphatic rings. The minimum Gasteiger partial charge on any atom is -0.348 e. The third-order valence-electron chi connectivity index (χ3n) is 3.35. The van der Waals surface area contributed by atoms with Crippen LogP contribution in [-0.4, -0.2) is 42.8 Å². The van der Waals surface area contributed by atoms with Crippen LogP contribution in [0.3, 0.4) is 0 Å². The number of carbonyl (C=O) groups excluding carboxylic acids is 2. The van der Waals surface area contributed by atoms with Crippen molar-refractivity contribution in [2.45, 2.75) is 46.5 Å². The Bertz CT molecular complexity index is 287. The molecular weight excluding hydrogens is 228 g/mol. The molecular formula is C14H26N2O2. The van der Waals surface area contributed by atoms with Crippen molar-refractivity contribution in [1.82, 2.24) is 10.2 Å². The molecule has 1 saturated heterocycles.